The normalized spacial score (nSPS) is 10.1. The van der Waals surface area contributed by atoms with Crippen LogP contribution in [0, 0.1) is 6.92 Å². The molecule has 20 heavy (non-hydrogen) atoms. The Labute approximate surface area is 119 Å². The van der Waals surface area contributed by atoms with E-state index in [2.05, 4.69) is 10.3 Å². The molecule has 0 saturated heterocycles. The Morgan fingerprint density at radius 1 is 1.35 bits per heavy atom. The van der Waals surface area contributed by atoms with Crippen LogP contribution in [0.2, 0.25) is 0 Å². The number of aryl methyl sites for hydroxylation is 1. The van der Waals surface area contributed by atoms with Gasteiger partial charge in [-0.25, -0.2) is 14.6 Å². The summed E-state index contributed by atoms with van der Waals surface area (Å²) >= 11 is 0.895. The smallest absolute Gasteiger partial charge is 0.413 e. The summed E-state index contributed by atoms with van der Waals surface area (Å²) in [6.07, 6.45) is -0.667. The van der Waals surface area contributed by atoms with Gasteiger partial charge in [0, 0.05) is 0 Å². The zero-order valence-electron chi connectivity index (χ0n) is 10.6. The monoisotopic (exact) mass is 292 g/mol. The number of hydrogen-bond acceptors (Lipinski definition) is 5. The van der Waals surface area contributed by atoms with Gasteiger partial charge < -0.3 is 9.84 Å². The summed E-state index contributed by atoms with van der Waals surface area (Å²) in [6, 6.07) is 9.24. The molecule has 0 spiro atoms. The van der Waals surface area contributed by atoms with Crippen molar-refractivity contribution in [2.75, 3.05) is 5.32 Å². The summed E-state index contributed by atoms with van der Waals surface area (Å²) in [7, 11) is 0. The molecule has 0 aliphatic carbocycles. The molecule has 0 aliphatic rings. The Morgan fingerprint density at radius 2 is 2.05 bits per heavy atom. The molecule has 0 fully saturated rings. The van der Waals surface area contributed by atoms with E-state index < -0.39 is 12.1 Å². The molecule has 0 unspecified atom stereocenters. The minimum absolute atomic E-state index is 0.100. The molecule has 1 amide bonds. The molecule has 2 aromatic rings. The van der Waals surface area contributed by atoms with Gasteiger partial charge in [-0.3, -0.25) is 5.32 Å². The van der Waals surface area contributed by atoms with Gasteiger partial charge in [0.05, 0.1) is 5.69 Å². The van der Waals surface area contributed by atoms with Crippen LogP contribution in [0.25, 0.3) is 0 Å². The van der Waals surface area contributed by atoms with Gasteiger partial charge >= 0.3 is 12.1 Å². The van der Waals surface area contributed by atoms with E-state index in [1.54, 1.807) is 6.92 Å². The van der Waals surface area contributed by atoms with E-state index >= 15 is 0 Å². The van der Waals surface area contributed by atoms with E-state index in [9.17, 15) is 9.59 Å². The average Bonchev–Trinajstić information content (AvgIpc) is 2.78. The van der Waals surface area contributed by atoms with Crippen LogP contribution >= 0.6 is 11.3 Å². The number of hydrogen-bond donors (Lipinski definition) is 2. The number of carbonyl (C=O) groups is 2. The van der Waals surface area contributed by atoms with E-state index in [0.717, 1.165) is 16.9 Å². The Kier molecular flexibility index (Phi) is 4.31. The van der Waals surface area contributed by atoms with Gasteiger partial charge in [0.15, 0.2) is 5.13 Å². The molecule has 1 aromatic carbocycles. The number of nitrogens with zero attached hydrogens (tertiary/aromatic N) is 1. The van der Waals surface area contributed by atoms with E-state index in [4.69, 9.17) is 9.84 Å². The van der Waals surface area contributed by atoms with Crippen LogP contribution < -0.4 is 5.32 Å². The van der Waals surface area contributed by atoms with Crippen LogP contribution in [0.5, 0.6) is 0 Å². The number of carboxylic acids is 1. The molecule has 0 aliphatic heterocycles. The number of amides is 1. The second-order valence-corrected chi connectivity index (χ2v) is 4.92. The van der Waals surface area contributed by atoms with Crippen molar-refractivity contribution < 1.29 is 19.4 Å². The van der Waals surface area contributed by atoms with E-state index in [1.165, 1.54) is 0 Å². The van der Waals surface area contributed by atoms with E-state index in [0.29, 0.717) is 5.69 Å². The number of carboxylic acid groups (broad SMARTS) is 1. The number of ether oxygens (including phenoxy) is 1. The second kappa shape index (κ2) is 6.16. The first-order chi connectivity index (χ1) is 9.56. The highest BCUT2D eigenvalue weighted by molar-refractivity contribution is 7.17. The second-order valence-electron chi connectivity index (χ2n) is 3.93. The number of thiazole rings is 1. The summed E-state index contributed by atoms with van der Waals surface area (Å²) in [5, 5.41) is 11.5. The van der Waals surface area contributed by atoms with E-state index in [1.807, 2.05) is 30.3 Å². The zero-order valence-corrected chi connectivity index (χ0v) is 11.4. The van der Waals surface area contributed by atoms with Gasteiger partial charge in [0.1, 0.15) is 11.5 Å². The van der Waals surface area contributed by atoms with Crippen molar-refractivity contribution >= 4 is 28.5 Å². The number of rotatable bonds is 4. The van der Waals surface area contributed by atoms with Gasteiger partial charge in [-0.1, -0.05) is 41.7 Å². The maximum absolute atomic E-state index is 11.6. The highest BCUT2D eigenvalue weighted by atomic mass is 32.1. The highest BCUT2D eigenvalue weighted by Crippen LogP contribution is 2.22. The molecule has 1 heterocycles. The van der Waals surface area contributed by atoms with Gasteiger partial charge in [0.25, 0.3) is 0 Å². The third kappa shape index (κ3) is 3.55. The van der Waals surface area contributed by atoms with Crippen molar-refractivity contribution in [1.82, 2.24) is 4.98 Å². The fourth-order valence-electron chi connectivity index (χ4n) is 1.49. The molecule has 0 saturated carbocycles. The predicted octanol–water partition coefficient (Wildman–Crippen LogP) is 2.90. The lowest BCUT2D eigenvalue weighted by Gasteiger charge is -2.04. The van der Waals surface area contributed by atoms with Crippen molar-refractivity contribution in [3.63, 3.8) is 0 Å². The third-order valence-corrected chi connectivity index (χ3v) is 3.47. The molecule has 7 heteroatoms. The maximum atomic E-state index is 11.6. The molecule has 1 aromatic heterocycles. The molecule has 0 bridgehead atoms. The Morgan fingerprint density at radius 3 is 2.65 bits per heavy atom. The SMILES string of the molecule is Cc1nc(NC(=O)OCc2ccccc2)sc1C(=O)O. The van der Waals surface area contributed by atoms with Crippen LogP contribution in [-0.2, 0) is 11.3 Å². The number of benzene rings is 1. The molecule has 6 nitrogen and oxygen atoms in total. The maximum Gasteiger partial charge on any atom is 0.413 e. The zero-order chi connectivity index (χ0) is 14.5. The summed E-state index contributed by atoms with van der Waals surface area (Å²) in [5.74, 6) is -1.06. The summed E-state index contributed by atoms with van der Waals surface area (Å²) in [5.41, 5.74) is 1.23. The Bertz CT molecular complexity index is 625. The minimum Gasteiger partial charge on any atom is -0.477 e. The fourth-order valence-corrected chi connectivity index (χ4v) is 2.29. The molecule has 2 rings (SSSR count). The van der Waals surface area contributed by atoms with E-state index in [-0.39, 0.29) is 16.6 Å². The van der Waals surface area contributed by atoms with Gasteiger partial charge in [-0.15, -0.1) is 0 Å². The first kappa shape index (κ1) is 14.0. The molecule has 104 valence electrons. The van der Waals surface area contributed by atoms with Crippen molar-refractivity contribution in [3.8, 4) is 0 Å². The summed E-state index contributed by atoms with van der Waals surface area (Å²) < 4.78 is 5.01. The molecule has 0 atom stereocenters. The summed E-state index contributed by atoms with van der Waals surface area (Å²) in [6.45, 7) is 1.71. The lowest BCUT2D eigenvalue weighted by molar-refractivity contribution is 0.0701. The van der Waals surface area contributed by atoms with Crippen LogP contribution in [-0.4, -0.2) is 22.2 Å². The fraction of sp³-hybridized carbons (Fsp3) is 0.154. The molecule has 2 N–H and O–H groups in total. The number of nitrogens with one attached hydrogen (secondary N) is 1. The van der Waals surface area contributed by atoms with Gasteiger partial charge in [0.2, 0.25) is 0 Å². The number of aromatic carboxylic acids is 1. The van der Waals surface area contributed by atoms with Crippen molar-refractivity contribution in [3.05, 3.63) is 46.5 Å². The van der Waals surface area contributed by atoms with Gasteiger partial charge in [-0.05, 0) is 12.5 Å². The van der Waals surface area contributed by atoms with Crippen molar-refractivity contribution in [2.45, 2.75) is 13.5 Å². The molecular formula is C13H12N2O4S. The number of anilines is 1. The largest absolute Gasteiger partial charge is 0.477 e. The molecular weight excluding hydrogens is 280 g/mol. The van der Waals surface area contributed by atoms with Crippen LogP contribution in [0.3, 0.4) is 0 Å². The Hall–Kier alpha value is -2.41. The first-order valence-electron chi connectivity index (χ1n) is 5.74. The lowest BCUT2D eigenvalue weighted by Crippen LogP contribution is -2.13. The first-order valence-corrected chi connectivity index (χ1v) is 6.56. The standard InChI is InChI=1S/C13H12N2O4S/c1-8-10(11(16)17)20-12(14-8)15-13(18)19-7-9-5-3-2-4-6-9/h2-6H,7H2,1H3,(H,16,17)(H,14,15,18). The number of aromatic nitrogens is 1. The van der Waals surface area contributed by atoms with Crippen LogP contribution in [0.15, 0.2) is 30.3 Å². The minimum atomic E-state index is -1.06. The van der Waals surface area contributed by atoms with Crippen molar-refractivity contribution in [2.24, 2.45) is 0 Å². The summed E-state index contributed by atoms with van der Waals surface area (Å²) in [4.78, 5) is 26.5. The van der Waals surface area contributed by atoms with Crippen LogP contribution in [0.4, 0.5) is 9.93 Å². The number of carbonyl (C=O) groups excluding carboxylic acids is 1. The highest BCUT2D eigenvalue weighted by Gasteiger charge is 2.15. The average molecular weight is 292 g/mol. The third-order valence-electron chi connectivity index (χ3n) is 2.41. The topological polar surface area (TPSA) is 88.5 Å². The van der Waals surface area contributed by atoms with Crippen LogP contribution in [0.1, 0.15) is 20.9 Å². The lowest BCUT2D eigenvalue weighted by atomic mass is 10.2. The quantitative estimate of drug-likeness (QED) is 0.904. The Balaban J connectivity index is 1.92. The predicted molar refractivity (Wildman–Crippen MR) is 74.1 cm³/mol. The van der Waals surface area contributed by atoms with Gasteiger partial charge in [-0.2, -0.15) is 0 Å². The molecule has 0 radical (unpaired) electrons. The van der Waals surface area contributed by atoms with Crippen molar-refractivity contribution in [1.29, 1.82) is 0 Å².